The third-order valence-electron chi connectivity index (χ3n) is 2.96. The molecule has 0 N–H and O–H groups in total. The molecule has 0 aliphatic carbocycles. The molecule has 2 nitrogen and oxygen atoms in total. The van der Waals surface area contributed by atoms with Gasteiger partial charge >= 0.3 is 0 Å². The Morgan fingerprint density at radius 3 is 2.88 bits per heavy atom. The van der Waals surface area contributed by atoms with Crippen molar-refractivity contribution in [3.05, 3.63) is 29.3 Å². The van der Waals surface area contributed by atoms with Crippen LogP contribution in [0, 0.1) is 5.92 Å². The highest BCUT2D eigenvalue weighted by Gasteiger charge is 2.11. The van der Waals surface area contributed by atoms with E-state index >= 15 is 0 Å². The molecule has 2 aromatic rings. The quantitative estimate of drug-likeness (QED) is 0.803. The molecule has 90 valence electrons. The van der Waals surface area contributed by atoms with Crippen molar-refractivity contribution in [2.45, 2.75) is 33.1 Å². The molecule has 0 saturated heterocycles. The molecule has 0 fully saturated rings. The van der Waals surface area contributed by atoms with Crippen molar-refractivity contribution >= 4 is 27.3 Å². The summed E-state index contributed by atoms with van der Waals surface area (Å²) >= 11 is 1.63. The molecule has 1 heterocycles. The van der Waals surface area contributed by atoms with Gasteiger partial charge < -0.3 is 0 Å². The first-order chi connectivity index (χ1) is 8.19. The number of carbonyl (C=O) groups excluding carboxylic acids is 1. The first-order valence-electron chi connectivity index (χ1n) is 6.05. The van der Waals surface area contributed by atoms with Crippen LogP contribution in [0.4, 0.5) is 0 Å². The Morgan fingerprint density at radius 2 is 2.18 bits per heavy atom. The van der Waals surface area contributed by atoms with E-state index in [1.54, 1.807) is 11.3 Å². The van der Waals surface area contributed by atoms with Crippen LogP contribution >= 0.6 is 11.3 Å². The van der Waals surface area contributed by atoms with Crippen molar-refractivity contribution in [1.29, 1.82) is 0 Å². The van der Waals surface area contributed by atoms with E-state index in [0.29, 0.717) is 24.5 Å². The molecule has 2 rings (SSSR count). The number of carbonyl (C=O) groups is 1. The second-order valence-corrected chi connectivity index (χ2v) is 5.62. The summed E-state index contributed by atoms with van der Waals surface area (Å²) in [7, 11) is 0. The number of thiazole rings is 1. The molecule has 1 aromatic heterocycles. The summed E-state index contributed by atoms with van der Waals surface area (Å²) in [6, 6.07) is 8.03. The lowest BCUT2D eigenvalue weighted by Gasteiger charge is -2.05. The Hall–Kier alpha value is -1.22. The minimum Gasteiger partial charge on any atom is -0.299 e. The summed E-state index contributed by atoms with van der Waals surface area (Å²) in [5, 5.41) is 0.944. The predicted molar refractivity (Wildman–Crippen MR) is 72.4 cm³/mol. The number of Topliss-reactive ketones (excluding diaryl/α,β-unsaturated/α-hetero) is 1. The fourth-order valence-electron chi connectivity index (χ4n) is 1.77. The fourth-order valence-corrected chi connectivity index (χ4v) is 2.77. The zero-order valence-electron chi connectivity index (χ0n) is 10.3. The normalized spacial score (nSPS) is 12.8. The van der Waals surface area contributed by atoms with E-state index in [1.807, 2.05) is 18.2 Å². The van der Waals surface area contributed by atoms with Crippen molar-refractivity contribution in [2.75, 3.05) is 0 Å². The zero-order valence-corrected chi connectivity index (χ0v) is 11.1. The maximum atomic E-state index is 11.8. The van der Waals surface area contributed by atoms with Gasteiger partial charge in [0.1, 0.15) is 10.8 Å². The van der Waals surface area contributed by atoms with E-state index in [-0.39, 0.29) is 0 Å². The lowest BCUT2D eigenvalue weighted by Crippen LogP contribution is -2.07. The van der Waals surface area contributed by atoms with Crippen LogP contribution in [-0.2, 0) is 11.2 Å². The van der Waals surface area contributed by atoms with Gasteiger partial charge in [-0.2, -0.15) is 0 Å². The average Bonchev–Trinajstić information content (AvgIpc) is 2.70. The number of aromatic nitrogens is 1. The molecular weight excluding hydrogens is 230 g/mol. The average molecular weight is 247 g/mol. The SMILES string of the molecule is CCC(C)CC(=O)Cc1nc2ccccc2s1. The van der Waals surface area contributed by atoms with Crippen LogP contribution in [-0.4, -0.2) is 10.8 Å². The van der Waals surface area contributed by atoms with E-state index in [2.05, 4.69) is 24.9 Å². The molecule has 1 unspecified atom stereocenters. The number of fused-ring (bicyclic) bond motifs is 1. The molecule has 1 atom stereocenters. The fraction of sp³-hybridized carbons (Fsp3) is 0.429. The smallest absolute Gasteiger partial charge is 0.139 e. The highest BCUT2D eigenvalue weighted by Crippen LogP contribution is 2.22. The van der Waals surface area contributed by atoms with Crippen molar-refractivity contribution < 1.29 is 4.79 Å². The summed E-state index contributed by atoms with van der Waals surface area (Å²) in [5.74, 6) is 0.787. The van der Waals surface area contributed by atoms with E-state index in [9.17, 15) is 4.79 Å². The highest BCUT2D eigenvalue weighted by atomic mass is 32.1. The number of hydrogen-bond acceptors (Lipinski definition) is 3. The first kappa shape index (κ1) is 12.2. The maximum absolute atomic E-state index is 11.8. The minimum atomic E-state index is 0.304. The monoisotopic (exact) mass is 247 g/mol. The van der Waals surface area contributed by atoms with Crippen LogP contribution < -0.4 is 0 Å². The number of benzene rings is 1. The van der Waals surface area contributed by atoms with Gasteiger partial charge in [-0.3, -0.25) is 4.79 Å². The first-order valence-corrected chi connectivity index (χ1v) is 6.87. The van der Waals surface area contributed by atoms with Crippen molar-refractivity contribution in [1.82, 2.24) is 4.98 Å². The van der Waals surface area contributed by atoms with Crippen LogP contribution in [0.5, 0.6) is 0 Å². The van der Waals surface area contributed by atoms with Crippen molar-refractivity contribution in [2.24, 2.45) is 5.92 Å². The summed E-state index contributed by atoms with van der Waals surface area (Å²) in [6.07, 6.45) is 2.22. The Balaban J connectivity index is 2.05. The van der Waals surface area contributed by atoms with Crippen LogP contribution in [0.1, 0.15) is 31.7 Å². The topological polar surface area (TPSA) is 30.0 Å². The molecule has 0 aliphatic rings. The molecule has 0 radical (unpaired) electrons. The second kappa shape index (κ2) is 5.41. The lowest BCUT2D eigenvalue weighted by molar-refractivity contribution is -0.119. The molecule has 0 spiro atoms. The third-order valence-corrected chi connectivity index (χ3v) is 4.00. The molecule has 3 heteroatoms. The Morgan fingerprint density at radius 1 is 1.41 bits per heavy atom. The van der Waals surface area contributed by atoms with Crippen LogP contribution in [0.3, 0.4) is 0 Å². The number of para-hydroxylation sites is 1. The molecule has 17 heavy (non-hydrogen) atoms. The summed E-state index contributed by atoms with van der Waals surface area (Å²) < 4.78 is 1.17. The summed E-state index contributed by atoms with van der Waals surface area (Å²) in [4.78, 5) is 16.3. The van der Waals surface area contributed by atoms with Crippen molar-refractivity contribution in [3.8, 4) is 0 Å². The number of hydrogen-bond donors (Lipinski definition) is 0. The summed E-state index contributed by atoms with van der Waals surface area (Å²) in [6.45, 7) is 4.24. The summed E-state index contributed by atoms with van der Waals surface area (Å²) in [5.41, 5.74) is 1.00. The third kappa shape index (κ3) is 3.13. The van der Waals surface area contributed by atoms with Crippen molar-refractivity contribution in [3.63, 3.8) is 0 Å². The Bertz CT molecular complexity index is 485. The van der Waals surface area contributed by atoms with Gasteiger partial charge in [-0.25, -0.2) is 4.98 Å². The molecule has 0 bridgehead atoms. The molecule has 0 amide bonds. The lowest BCUT2D eigenvalue weighted by atomic mass is 10.0. The molecular formula is C14H17NOS. The van der Waals surface area contributed by atoms with E-state index in [4.69, 9.17) is 0 Å². The highest BCUT2D eigenvalue weighted by molar-refractivity contribution is 7.18. The second-order valence-electron chi connectivity index (χ2n) is 4.51. The van der Waals surface area contributed by atoms with E-state index in [0.717, 1.165) is 16.9 Å². The van der Waals surface area contributed by atoms with Gasteiger partial charge in [-0.1, -0.05) is 32.4 Å². The van der Waals surface area contributed by atoms with Gasteiger partial charge in [0.2, 0.25) is 0 Å². The molecule has 1 aromatic carbocycles. The number of nitrogens with zero attached hydrogens (tertiary/aromatic N) is 1. The van der Waals surface area contributed by atoms with Gasteiger partial charge in [0.15, 0.2) is 0 Å². The number of ketones is 1. The number of rotatable bonds is 5. The van der Waals surface area contributed by atoms with Crippen LogP contribution in [0.15, 0.2) is 24.3 Å². The standard InChI is InChI=1S/C14H17NOS/c1-3-10(2)8-11(16)9-14-15-12-6-4-5-7-13(12)17-14/h4-7,10H,3,8-9H2,1-2H3. The Labute approximate surface area is 106 Å². The van der Waals surface area contributed by atoms with Gasteiger partial charge in [0, 0.05) is 6.42 Å². The zero-order chi connectivity index (χ0) is 12.3. The van der Waals surface area contributed by atoms with Gasteiger partial charge in [-0.15, -0.1) is 11.3 Å². The molecule has 0 saturated carbocycles. The Kier molecular flexibility index (Phi) is 3.89. The predicted octanol–water partition coefficient (Wildman–Crippen LogP) is 3.84. The molecule has 0 aliphatic heterocycles. The van der Waals surface area contributed by atoms with Gasteiger partial charge in [0.05, 0.1) is 16.6 Å². The van der Waals surface area contributed by atoms with E-state index in [1.165, 1.54) is 4.70 Å². The minimum absolute atomic E-state index is 0.304. The maximum Gasteiger partial charge on any atom is 0.139 e. The van der Waals surface area contributed by atoms with E-state index < -0.39 is 0 Å². The van der Waals surface area contributed by atoms with Gasteiger partial charge in [-0.05, 0) is 18.1 Å². The van der Waals surface area contributed by atoms with Gasteiger partial charge in [0.25, 0.3) is 0 Å². The van der Waals surface area contributed by atoms with Crippen LogP contribution in [0.25, 0.3) is 10.2 Å². The van der Waals surface area contributed by atoms with Crippen LogP contribution in [0.2, 0.25) is 0 Å². The largest absolute Gasteiger partial charge is 0.299 e.